The molecule has 2 rings (SSSR count). The van der Waals surface area contributed by atoms with E-state index in [0.29, 0.717) is 30.6 Å². The molecule has 1 fully saturated rings. The summed E-state index contributed by atoms with van der Waals surface area (Å²) in [6, 6.07) is 2.45. The first-order valence-corrected chi connectivity index (χ1v) is 7.49. The van der Waals surface area contributed by atoms with Crippen LogP contribution in [0.2, 0.25) is 0 Å². The van der Waals surface area contributed by atoms with Crippen LogP contribution in [0.3, 0.4) is 0 Å². The highest BCUT2D eigenvalue weighted by molar-refractivity contribution is 5.80. The number of carbonyl (C=O) groups is 1. The molecule has 1 aliphatic rings. The van der Waals surface area contributed by atoms with Crippen molar-refractivity contribution in [3.63, 3.8) is 0 Å². The largest absolute Gasteiger partial charge is 0.316 e. The first kappa shape index (κ1) is 14.3. The van der Waals surface area contributed by atoms with Crippen LogP contribution in [0, 0.1) is 5.92 Å². The number of hydrogen-bond donors (Lipinski definition) is 1. The number of ketones is 1. The highest BCUT2D eigenvalue weighted by Crippen LogP contribution is 2.16. The molecule has 1 unspecified atom stereocenters. The fourth-order valence-corrected chi connectivity index (χ4v) is 2.82. The number of rotatable bonds is 7. The molecule has 0 spiro atoms. The molecular weight excluding hydrogens is 238 g/mol. The van der Waals surface area contributed by atoms with Crippen LogP contribution in [0.1, 0.15) is 51.3 Å². The summed E-state index contributed by atoms with van der Waals surface area (Å²) in [6.07, 6.45) is 6.50. The molecule has 1 atom stereocenters. The van der Waals surface area contributed by atoms with Gasteiger partial charge in [0.15, 0.2) is 0 Å². The highest BCUT2D eigenvalue weighted by Gasteiger charge is 2.19. The molecule has 0 bridgehead atoms. The standard InChI is InChI=1S/C15H25N3O/c1-3-14(4-2)18-8-6-13(17-18)10-15(19)9-12-5-7-16-11-12/h6,8,12,14,16H,3-5,7,9-11H2,1-2H3. The lowest BCUT2D eigenvalue weighted by Crippen LogP contribution is -2.14. The number of nitrogens with one attached hydrogen (secondary N) is 1. The van der Waals surface area contributed by atoms with Crippen molar-refractivity contribution in [1.29, 1.82) is 0 Å². The SMILES string of the molecule is CCC(CC)n1ccc(CC(=O)CC2CCNC2)n1. The van der Waals surface area contributed by atoms with Gasteiger partial charge in [0, 0.05) is 12.6 Å². The summed E-state index contributed by atoms with van der Waals surface area (Å²) in [6.45, 7) is 6.40. The molecule has 1 N–H and O–H groups in total. The van der Waals surface area contributed by atoms with Gasteiger partial charge in [0.05, 0.1) is 18.2 Å². The number of hydrogen-bond acceptors (Lipinski definition) is 3. The van der Waals surface area contributed by atoms with Crippen molar-refractivity contribution in [2.75, 3.05) is 13.1 Å². The van der Waals surface area contributed by atoms with Gasteiger partial charge in [-0.3, -0.25) is 9.48 Å². The minimum atomic E-state index is 0.323. The minimum absolute atomic E-state index is 0.323. The van der Waals surface area contributed by atoms with Crippen molar-refractivity contribution in [3.05, 3.63) is 18.0 Å². The van der Waals surface area contributed by atoms with E-state index >= 15 is 0 Å². The van der Waals surface area contributed by atoms with Gasteiger partial charge in [0.25, 0.3) is 0 Å². The van der Waals surface area contributed by atoms with Gasteiger partial charge in [-0.1, -0.05) is 13.8 Å². The molecule has 0 amide bonds. The third kappa shape index (κ3) is 3.90. The predicted molar refractivity (Wildman–Crippen MR) is 76.2 cm³/mol. The quantitative estimate of drug-likeness (QED) is 0.821. The van der Waals surface area contributed by atoms with Crippen molar-refractivity contribution in [3.8, 4) is 0 Å². The second kappa shape index (κ2) is 6.85. The molecule has 2 heterocycles. The van der Waals surface area contributed by atoms with Gasteiger partial charge in [-0.05, 0) is 44.3 Å². The number of Topliss-reactive ketones (excluding diaryl/α,β-unsaturated/α-hetero) is 1. The van der Waals surface area contributed by atoms with Gasteiger partial charge in [-0.15, -0.1) is 0 Å². The van der Waals surface area contributed by atoms with Crippen LogP contribution in [-0.2, 0) is 11.2 Å². The molecule has 1 aromatic rings. The van der Waals surface area contributed by atoms with Crippen LogP contribution in [0.5, 0.6) is 0 Å². The normalized spacial score (nSPS) is 19.2. The molecular formula is C15H25N3O. The Kier molecular flexibility index (Phi) is 5.14. The summed E-state index contributed by atoms with van der Waals surface area (Å²) < 4.78 is 2.01. The third-order valence-corrected chi connectivity index (χ3v) is 4.04. The van der Waals surface area contributed by atoms with E-state index in [1.807, 2.05) is 16.9 Å². The van der Waals surface area contributed by atoms with Crippen molar-refractivity contribution in [1.82, 2.24) is 15.1 Å². The van der Waals surface area contributed by atoms with Crippen LogP contribution >= 0.6 is 0 Å². The Labute approximate surface area is 115 Å². The number of nitrogens with zero attached hydrogens (tertiary/aromatic N) is 2. The van der Waals surface area contributed by atoms with Crippen molar-refractivity contribution < 1.29 is 4.79 Å². The summed E-state index contributed by atoms with van der Waals surface area (Å²) in [7, 11) is 0. The Morgan fingerprint density at radius 3 is 2.95 bits per heavy atom. The predicted octanol–water partition coefficient (Wildman–Crippen LogP) is 2.36. The second-order valence-corrected chi connectivity index (χ2v) is 5.54. The van der Waals surface area contributed by atoms with Crippen LogP contribution in [0.25, 0.3) is 0 Å². The molecule has 0 radical (unpaired) electrons. The summed E-state index contributed by atoms with van der Waals surface area (Å²) in [5.41, 5.74) is 0.919. The van der Waals surface area contributed by atoms with Gasteiger partial charge in [0.2, 0.25) is 0 Å². The van der Waals surface area contributed by atoms with E-state index in [-0.39, 0.29) is 0 Å². The zero-order chi connectivity index (χ0) is 13.7. The maximum Gasteiger partial charge on any atom is 0.139 e. The molecule has 0 aliphatic carbocycles. The highest BCUT2D eigenvalue weighted by atomic mass is 16.1. The van der Waals surface area contributed by atoms with Gasteiger partial charge in [0.1, 0.15) is 5.78 Å². The Balaban J connectivity index is 1.86. The molecule has 0 saturated carbocycles. The third-order valence-electron chi connectivity index (χ3n) is 4.04. The number of carbonyl (C=O) groups excluding carboxylic acids is 1. The molecule has 1 saturated heterocycles. The van der Waals surface area contributed by atoms with Crippen LogP contribution in [0.15, 0.2) is 12.3 Å². The first-order valence-electron chi connectivity index (χ1n) is 7.49. The van der Waals surface area contributed by atoms with Gasteiger partial charge < -0.3 is 5.32 Å². The van der Waals surface area contributed by atoms with E-state index in [2.05, 4.69) is 24.3 Å². The Hall–Kier alpha value is -1.16. The maximum atomic E-state index is 12.0. The summed E-state index contributed by atoms with van der Waals surface area (Å²) >= 11 is 0. The second-order valence-electron chi connectivity index (χ2n) is 5.54. The first-order chi connectivity index (χ1) is 9.22. The van der Waals surface area contributed by atoms with Crippen LogP contribution in [-0.4, -0.2) is 28.7 Å². The van der Waals surface area contributed by atoms with E-state index in [4.69, 9.17) is 0 Å². The summed E-state index contributed by atoms with van der Waals surface area (Å²) in [5, 5.41) is 7.85. The van der Waals surface area contributed by atoms with E-state index in [1.54, 1.807) is 0 Å². The molecule has 4 heteroatoms. The summed E-state index contributed by atoms with van der Waals surface area (Å²) in [4.78, 5) is 12.0. The van der Waals surface area contributed by atoms with Crippen molar-refractivity contribution in [2.45, 2.75) is 52.0 Å². The fraction of sp³-hybridized carbons (Fsp3) is 0.733. The topological polar surface area (TPSA) is 46.9 Å². The lowest BCUT2D eigenvalue weighted by Gasteiger charge is -2.12. The van der Waals surface area contributed by atoms with Crippen LogP contribution < -0.4 is 5.32 Å². The molecule has 106 valence electrons. The maximum absolute atomic E-state index is 12.0. The Morgan fingerprint density at radius 2 is 2.32 bits per heavy atom. The van der Waals surface area contributed by atoms with E-state index in [0.717, 1.165) is 38.0 Å². The van der Waals surface area contributed by atoms with E-state index in [1.165, 1.54) is 0 Å². The Morgan fingerprint density at radius 1 is 1.53 bits per heavy atom. The molecule has 0 aromatic carbocycles. The zero-order valence-corrected chi connectivity index (χ0v) is 12.1. The average Bonchev–Trinajstić information content (AvgIpc) is 3.03. The lowest BCUT2D eigenvalue weighted by molar-refractivity contribution is -0.119. The van der Waals surface area contributed by atoms with Gasteiger partial charge in [-0.25, -0.2) is 0 Å². The molecule has 4 nitrogen and oxygen atoms in total. The molecule has 1 aromatic heterocycles. The molecule has 19 heavy (non-hydrogen) atoms. The monoisotopic (exact) mass is 263 g/mol. The zero-order valence-electron chi connectivity index (χ0n) is 12.1. The molecule has 1 aliphatic heterocycles. The fourth-order valence-electron chi connectivity index (χ4n) is 2.82. The van der Waals surface area contributed by atoms with Crippen molar-refractivity contribution in [2.24, 2.45) is 5.92 Å². The summed E-state index contributed by atoms with van der Waals surface area (Å²) in [5.74, 6) is 0.858. The van der Waals surface area contributed by atoms with Crippen LogP contribution in [0.4, 0.5) is 0 Å². The minimum Gasteiger partial charge on any atom is -0.316 e. The number of aromatic nitrogens is 2. The average molecular weight is 263 g/mol. The van der Waals surface area contributed by atoms with E-state index < -0.39 is 0 Å². The van der Waals surface area contributed by atoms with Crippen molar-refractivity contribution >= 4 is 5.78 Å². The smallest absolute Gasteiger partial charge is 0.139 e. The Bertz CT molecular complexity index is 403. The van der Waals surface area contributed by atoms with E-state index in [9.17, 15) is 4.79 Å². The van der Waals surface area contributed by atoms with Gasteiger partial charge >= 0.3 is 0 Å². The lowest BCUT2D eigenvalue weighted by atomic mass is 10.00. The van der Waals surface area contributed by atoms with Gasteiger partial charge in [-0.2, -0.15) is 5.10 Å².